The standard InChI is InChI=1S/C15H21N5/c1-11-8-13(9-16)19-15(18-11)20(14-2-3-14)10-12-4-6-17-7-5-12/h8,12,14,17H,2-7,10H2,1H3. The van der Waals surface area contributed by atoms with Crippen LogP contribution >= 0.6 is 0 Å². The van der Waals surface area contributed by atoms with Crippen molar-refractivity contribution in [2.24, 2.45) is 5.92 Å². The minimum atomic E-state index is 0.475. The van der Waals surface area contributed by atoms with Gasteiger partial charge in [-0.05, 0) is 57.7 Å². The Morgan fingerprint density at radius 1 is 1.30 bits per heavy atom. The fourth-order valence-corrected chi connectivity index (χ4v) is 2.86. The van der Waals surface area contributed by atoms with E-state index in [0.717, 1.165) is 31.3 Å². The van der Waals surface area contributed by atoms with Gasteiger partial charge in [-0.3, -0.25) is 0 Å². The number of anilines is 1. The molecule has 2 fully saturated rings. The van der Waals surface area contributed by atoms with Gasteiger partial charge in [-0.15, -0.1) is 0 Å². The van der Waals surface area contributed by atoms with Crippen LogP contribution < -0.4 is 10.2 Å². The van der Waals surface area contributed by atoms with Gasteiger partial charge in [0.2, 0.25) is 5.95 Å². The van der Waals surface area contributed by atoms with E-state index < -0.39 is 0 Å². The maximum atomic E-state index is 9.08. The molecule has 1 saturated heterocycles. The summed E-state index contributed by atoms with van der Waals surface area (Å²) < 4.78 is 0. The molecule has 5 nitrogen and oxygen atoms in total. The Hall–Kier alpha value is -1.67. The third-order valence-electron chi connectivity index (χ3n) is 4.12. The molecule has 5 heteroatoms. The van der Waals surface area contributed by atoms with Crippen molar-refractivity contribution in [3.05, 3.63) is 17.5 Å². The summed E-state index contributed by atoms with van der Waals surface area (Å²) in [5, 5.41) is 12.5. The average Bonchev–Trinajstić information content (AvgIpc) is 3.29. The SMILES string of the molecule is Cc1cc(C#N)nc(N(CC2CCNCC2)C2CC2)n1. The van der Waals surface area contributed by atoms with Crippen molar-refractivity contribution >= 4 is 5.95 Å². The highest BCUT2D eigenvalue weighted by Crippen LogP contribution is 2.31. The predicted molar refractivity (Wildman–Crippen MR) is 77.4 cm³/mol. The Labute approximate surface area is 120 Å². The molecule has 1 N–H and O–H groups in total. The molecule has 0 unspecified atom stereocenters. The van der Waals surface area contributed by atoms with Crippen LogP contribution in [0.2, 0.25) is 0 Å². The number of nitrogens with zero attached hydrogens (tertiary/aromatic N) is 4. The second-order valence-corrected chi connectivity index (χ2v) is 5.88. The summed E-state index contributed by atoms with van der Waals surface area (Å²) in [7, 11) is 0. The summed E-state index contributed by atoms with van der Waals surface area (Å²) >= 11 is 0. The number of hydrogen-bond acceptors (Lipinski definition) is 5. The number of nitrogens with one attached hydrogen (secondary N) is 1. The lowest BCUT2D eigenvalue weighted by Gasteiger charge is -2.30. The maximum Gasteiger partial charge on any atom is 0.227 e. The van der Waals surface area contributed by atoms with Gasteiger partial charge in [0.1, 0.15) is 11.8 Å². The molecule has 0 atom stereocenters. The summed E-state index contributed by atoms with van der Waals surface area (Å²) in [4.78, 5) is 11.3. The molecule has 0 radical (unpaired) electrons. The number of nitriles is 1. The molecule has 1 saturated carbocycles. The van der Waals surface area contributed by atoms with E-state index in [-0.39, 0.29) is 0 Å². The first-order valence-electron chi connectivity index (χ1n) is 7.49. The van der Waals surface area contributed by atoms with Gasteiger partial charge in [-0.2, -0.15) is 5.26 Å². The molecule has 0 aromatic carbocycles. The van der Waals surface area contributed by atoms with Crippen molar-refractivity contribution in [2.75, 3.05) is 24.5 Å². The normalized spacial score (nSPS) is 19.6. The summed E-state index contributed by atoms with van der Waals surface area (Å²) in [5.41, 5.74) is 1.35. The predicted octanol–water partition coefficient (Wildman–Crippen LogP) is 1.63. The van der Waals surface area contributed by atoms with Crippen LogP contribution in [-0.4, -0.2) is 35.6 Å². The lowest BCUT2D eigenvalue weighted by atomic mass is 9.97. The summed E-state index contributed by atoms with van der Waals surface area (Å²) in [6.45, 7) is 5.19. The first-order chi connectivity index (χ1) is 9.76. The smallest absolute Gasteiger partial charge is 0.227 e. The van der Waals surface area contributed by atoms with Gasteiger partial charge in [-0.1, -0.05) is 0 Å². The van der Waals surface area contributed by atoms with Gasteiger partial charge in [0, 0.05) is 18.3 Å². The fraction of sp³-hybridized carbons (Fsp3) is 0.667. The van der Waals surface area contributed by atoms with E-state index in [1.165, 1.54) is 25.7 Å². The molecule has 2 heterocycles. The molecule has 20 heavy (non-hydrogen) atoms. The first kappa shape index (κ1) is 13.3. The van der Waals surface area contributed by atoms with Gasteiger partial charge in [-0.25, -0.2) is 9.97 Å². The Morgan fingerprint density at radius 2 is 2.05 bits per heavy atom. The molecule has 1 aromatic rings. The van der Waals surface area contributed by atoms with Crippen LogP contribution in [0.1, 0.15) is 37.1 Å². The lowest BCUT2D eigenvalue weighted by Crippen LogP contribution is -2.38. The fourth-order valence-electron chi connectivity index (χ4n) is 2.86. The molecule has 1 aromatic heterocycles. The van der Waals surface area contributed by atoms with Crippen molar-refractivity contribution in [3.63, 3.8) is 0 Å². The zero-order valence-electron chi connectivity index (χ0n) is 12.0. The lowest BCUT2D eigenvalue weighted by molar-refractivity contribution is 0.371. The Morgan fingerprint density at radius 3 is 2.70 bits per heavy atom. The van der Waals surface area contributed by atoms with E-state index in [0.29, 0.717) is 17.7 Å². The van der Waals surface area contributed by atoms with Crippen LogP contribution in [-0.2, 0) is 0 Å². The molecule has 1 aliphatic heterocycles. The van der Waals surface area contributed by atoms with Crippen LogP contribution in [0.15, 0.2) is 6.07 Å². The third kappa shape index (κ3) is 3.07. The van der Waals surface area contributed by atoms with Gasteiger partial charge < -0.3 is 10.2 Å². The van der Waals surface area contributed by atoms with Gasteiger partial charge >= 0.3 is 0 Å². The van der Waals surface area contributed by atoms with Crippen molar-refractivity contribution < 1.29 is 0 Å². The molecule has 0 spiro atoms. The van der Waals surface area contributed by atoms with Crippen molar-refractivity contribution in [1.82, 2.24) is 15.3 Å². The Bertz CT molecular complexity index is 511. The maximum absolute atomic E-state index is 9.08. The number of hydrogen-bond donors (Lipinski definition) is 1. The largest absolute Gasteiger partial charge is 0.338 e. The average molecular weight is 271 g/mol. The molecule has 3 rings (SSSR count). The van der Waals surface area contributed by atoms with E-state index >= 15 is 0 Å². The van der Waals surface area contributed by atoms with Crippen molar-refractivity contribution in [3.8, 4) is 6.07 Å². The minimum absolute atomic E-state index is 0.475. The summed E-state index contributed by atoms with van der Waals surface area (Å²) in [5.74, 6) is 1.47. The Balaban J connectivity index is 1.79. The van der Waals surface area contributed by atoms with Crippen molar-refractivity contribution in [1.29, 1.82) is 5.26 Å². The van der Waals surface area contributed by atoms with Crippen LogP contribution in [0, 0.1) is 24.2 Å². The molecule has 1 aliphatic carbocycles. The zero-order chi connectivity index (χ0) is 13.9. The minimum Gasteiger partial charge on any atom is -0.338 e. The molecular weight excluding hydrogens is 250 g/mol. The van der Waals surface area contributed by atoms with Crippen molar-refractivity contribution in [2.45, 2.75) is 38.6 Å². The molecule has 2 aliphatic rings. The number of piperidine rings is 1. The summed E-state index contributed by atoms with van der Waals surface area (Å²) in [6.07, 6.45) is 4.90. The zero-order valence-corrected chi connectivity index (χ0v) is 12.0. The topological polar surface area (TPSA) is 64.8 Å². The van der Waals surface area contributed by atoms with Gasteiger partial charge in [0.15, 0.2) is 0 Å². The van der Waals surface area contributed by atoms with Crippen LogP contribution in [0.5, 0.6) is 0 Å². The van der Waals surface area contributed by atoms with E-state index in [2.05, 4.69) is 26.3 Å². The highest BCUT2D eigenvalue weighted by atomic mass is 15.3. The first-order valence-corrected chi connectivity index (χ1v) is 7.49. The second-order valence-electron chi connectivity index (χ2n) is 5.88. The van der Waals surface area contributed by atoms with Crippen LogP contribution in [0.25, 0.3) is 0 Å². The van der Waals surface area contributed by atoms with E-state index in [9.17, 15) is 0 Å². The van der Waals surface area contributed by atoms with Gasteiger partial charge in [0.05, 0.1) is 0 Å². The summed E-state index contributed by atoms with van der Waals surface area (Å²) in [6, 6.07) is 4.47. The number of aromatic nitrogens is 2. The number of aryl methyl sites for hydroxylation is 1. The third-order valence-corrected chi connectivity index (χ3v) is 4.12. The van der Waals surface area contributed by atoms with Gasteiger partial charge in [0.25, 0.3) is 0 Å². The quantitative estimate of drug-likeness (QED) is 0.901. The van der Waals surface area contributed by atoms with E-state index in [1.807, 2.05) is 6.92 Å². The second kappa shape index (κ2) is 5.76. The number of rotatable bonds is 4. The highest BCUT2D eigenvalue weighted by molar-refractivity contribution is 5.38. The Kier molecular flexibility index (Phi) is 3.83. The monoisotopic (exact) mass is 271 g/mol. The molecule has 0 amide bonds. The molecule has 0 bridgehead atoms. The van der Waals surface area contributed by atoms with Crippen LogP contribution in [0.4, 0.5) is 5.95 Å². The van der Waals surface area contributed by atoms with E-state index in [4.69, 9.17) is 5.26 Å². The van der Waals surface area contributed by atoms with E-state index in [1.54, 1.807) is 6.07 Å². The van der Waals surface area contributed by atoms with Crippen LogP contribution in [0.3, 0.4) is 0 Å². The molecule has 106 valence electrons. The molecular formula is C15H21N5. The highest BCUT2D eigenvalue weighted by Gasteiger charge is 2.33.